The summed E-state index contributed by atoms with van der Waals surface area (Å²) in [5, 5.41) is 5.81. The molecule has 0 bridgehead atoms. The van der Waals surface area contributed by atoms with Gasteiger partial charge in [-0.15, -0.1) is 0 Å². The van der Waals surface area contributed by atoms with E-state index in [-0.39, 0.29) is 21.7 Å². The van der Waals surface area contributed by atoms with Gasteiger partial charge in [-0.25, -0.2) is 0 Å². The maximum Gasteiger partial charge on any atom is 0.112 e. The van der Waals surface area contributed by atoms with E-state index in [9.17, 15) is 0 Å². The Morgan fingerprint density at radius 2 is 0.980 bits per heavy atom. The number of aromatic nitrogens is 1. The van der Waals surface area contributed by atoms with Crippen LogP contribution in [0.25, 0.3) is 27.5 Å². The van der Waals surface area contributed by atoms with Crippen LogP contribution in [-0.2, 0) is 21.7 Å². The Morgan fingerprint density at radius 1 is 0.531 bits per heavy atom. The number of benzene rings is 4. The molecule has 1 aromatic heterocycles. The quantitative estimate of drug-likeness (QED) is 0.164. The molecule has 5 rings (SSSR count). The fourth-order valence-corrected chi connectivity index (χ4v) is 10.2. The molecule has 0 spiro atoms. The van der Waals surface area contributed by atoms with E-state index < -0.39 is 8.07 Å². The lowest BCUT2D eigenvalue weighted by Crippen LogP contribution is -2.55. The second-order valence-corrected chi connectivity index (χ2v) is 24.4. The highest BCUT2D eigenvalue weighted by molar-refractivity contribution is 7.00. The third-order valence-corrected chi connectivity index (χ3v) is 14.8. The van der Waals surface area contributed by atoms with Crippen LogP contribution < -0.4 is 10.4 Å². The highest BCUT2D eigenvalue weighted by Crippen LogP contribution is 2.41. The van der Waals surface area contributed by atoms with Crippen molar-refractivity contribution in [2.45, 2.75) is 145 Å². The highest BCUT2D eigenvalue weighted by Gasteiger charge is 2.35. The number of hydrogen-bond donors (Lipinski definition) is 0. The Bertz CT molecular complexity index is 1940. The van der Waals surface area contributed by atoms with Gasteiger partial charge in [0.15, 0.2) is 0 Å². The molecule has 0 fully saturated rings. The maximum atomic E-state index is 2.64. The fourth-order valence-electron chi connectivity index (χ4n) is 7.31. The van der Waals surface area contributed by atoms with Gasteiger partial charge in [0.1, 0.15) is 8.07 Å². The first-order chi connectivity index (χ1) is 22.3. The largest absolute Gasteiger partial charge is 0.309 e. The molecule has 1 atom stereocenters. The van der Waals surface area contributed by atoms with E-state index in [1.165, 1.54) is 60.5 Å². The molecule has 262 valence electrons. The van der Waals surface area contributed by atoms with E-state index in [4.69, 9.17) is 0 Å². The van der Waals surface area contributed by atoms with E-state index in [1.54, 1.807) is 5.19 Å². The predicted molar refractivity (Wildman–Crippen MR) is 222 cm³/mol. The minimum atomic E-state index is -2.21. The van der Waals surface area contributed by atoms with Crippen LogP contribution in [0.1, 0.15) is 138 Å². The first kappa shape index (κ1) is 37.2. The van der Waals surface area contributed by atoms with Gasteiger partial charge in [-0.3, -0.25) is 0 Å². The molecule has 49 heavy (non-hydrogen) atoms. The van der Waals surface area contributed by atoms with Crippen molar-refractivity contribution in [3.05, 3.63) is 101 Å². The lowest BCUT2D eigenvalue weighted by molar-refractivity contribution is 0.539. The van der Waals surface area contributed by atoms with Crippen LogP contribution in [-0.4, -0.2) is 12.6 Å². The molecular weight excluding hydrogens is 607 g/mol. The Kier molecular flexibility index (Phi) is 9.32. The van der Waals surface area contributed by atoms with Crippen molar-refractivity contribution in [2.24, 2.45) is 5.92 Å². The number of rotatable bonds is 5. The highest BCUT2D eigenvalue weighted by atomic mass is 28.3. The molecule has 0 aliphatic carbocycles. The minimum absolute atomic E-state index is 0.0335. The predicted octanol–water partition coefficient (Wildman–Crippen LogP) is 12.6. The molecule has 0 saturated heterocycles. The number of hydrogen-bond acceptors (Lipinski definition) is 0. The average molecular weight is 672 g/mol. The van der Waals surface area contributed by atoms with Crippen LogP contribution in [0.5, 0.6) is 0 Å². The monoisotopic (exact) mass is 671 g/mol. The second-order valence-electron chi connectivity index (χ2n) is 20.0. The van der Waals surface area contributed by atoms with Gasteiger partial charge in [0.2, 0.25) is 0 Å². The molecule has 0 amide bonds. The smallest absolute Gasteiger partial charge is 0.112 e. The molecule has 4 aromatic carbocycles. The summed E-state index contributed by atoms with van der Waals surface area (Å²) < 4.78 is 2.64. The summed E-state index contributed by atoms with van der Waals surface area (Å²) in [7, 11) is -2.21. The first-order valence-corrected chi connectivity index (χ1v) is 21.7. The summed E-state index contributed by atoms with van der Waals surface area (Å²) in [5.74, 6) is 0.881. The zero-order valence-corrected chi connectivity index (χ0v) is 35.0. The Morgan fingerprint density at radius 3 is 1.43 bits per heavy atom. The van der Waals surface area contributed by atoms with Gasteiger partial charge in [-0.2, -0.15) is 0 Å². The Balaban J connectivity index is 1.97. The molecule has 5 aromatic rings. The van der Waals surface area contributed by atoms with Crippen LogP contribution in [0.3, 0.4) is 0 Å². The Hall–Kier alpha value is -3.10. The topological polar surface area (TPSA) is 4.93 Å². The van der Waals surface area contributed by atoms with Crippen LogP contribution in [0.4, 0.5) is 0 Å². The molecule has 0 aliphatic rings. The van der Waals surface area contributed by atoms with Crippen molar-refractivity contribution in [1.82, 2.24) is 4.57 Å². The molecule has 0 N–H and O–H groups in total. The second kappa shape index (κ2) is 12.3. The average Bonchev–Trinajstić information content (AvgIpc) is 3.32. The summed E-state index contributed by atoms with van der Waals surface area (Å²) in [6, 6.07) is 29.1. The lowest BCUT2D eigenvalue weighted by Gasteiger charge is -2.34. The Labute approximate surface area is 300 Å². The van der Waals surface area contributed by atoms with Gasteiger partial charge in [-0.1, -0.05) is 177 Å². The summed E-state index contributed by atoms with van der Waals surface area (Å²) >= 11 is 0. The maximum absolute atomic E-state index is 2.64. The summed E-state index contributed by atoms with van der Waals surface area (Å²) in [6.07, 6.45) is 0. The van der Waals surface area contributed by atoms with E-state index >= 15 is 0 Å². The molecule has 1 nitrogen and oxygen atoms in total. The van der Waals surface area contributed by atoms with Gasteiger partial charge in [-0.05, 0) is 84.7 Å². The van der Waals surface area contributed by atoms with Crippen molar-refractivity contribution in [3.8, 4) is 5.69 Å². The van der Waals surface area contributed by atoms with Gasteiger partial charge < -0.3 is 4.57 Å². The molecule has 0 saturated carbocycles. The first-order valence-electron chi connectivity index (χ1n) is 18.7. The molecular formula is C47H65NSi. The number of nitrogens with zero attached hydrogens (tertiary/aromatic N) is 1. The van der Waals surface area contributed by atoms with Crippen molar-refractivity contribution < 1.29 is 0 Å². The van der Waals surface area contributed by atoms with Gasteiger partial charge in [0.05, 0.1) is 11.0 Å². The lowest BCUT2D eigenvalue weighted by atomic mass is 9.80. The minimum Gasteiger partial charge on any atom is -0.309 e. The third kappa shape index (κ3) is 6.97. The summed E-state index contributed by atoms with van der Waals surface area (Å²) in [4.78, 5) is 0. The SMILES string of the molecule is CC(C)C(C)c1c([Si](C)(C)c2cc(C(C)(C)C)cc(C(C)(C)C)c2)ccc2c3ccccc3n(-c3cc(C(C)(C)C)cc(C(C)(C)C)c3)c12. The van der Waals surface area contributed by atoms with E-state index in [2.05, 4.69) is 194 Å². The molecule has 1 unspecified atom stereocenters. The van der Waals surface area contributed by atoms with Crippen LogP contribution in [0.2, 0.25) is 13.1 Å². The molecule has 1 heterocycles. The van der Waals surface area contributed by atoms with Crippen molar-refractivity contribution in [1.29, 1.82) is 0 Å². The normalized spacial score (nSPS) is 14.3. The van der Waals surface area contributed by atoms with Crippen molar-refractivity contribution in [3.63, 3.8) is 0 Å². The van der Waals surface area contributed by atoms with E-state index in [1.807, 2.05) is 0 Å². The molecule has 2 heteroatoms. The van der Waals surface area contributed by atoms with Gasteiger partial charge in [0.25, 0.3) is 0 Å². The molecule has 0 aliphatic heterocycles. The fraction of sp³-hybridized carbons (Fsp3) is 0.489. The standard InChI is InChI=1S/C47H65NSi/c1-30(2)31(3)42-41(49(16,17)37-28-34(46(10,11)12)25-35(29-37)47(13,14)15)23-22-39-38-20-18-19-21-40(38)48(43(39)42)36-26-32(44(4,5)6)24-33(27-36)45(7,8)9/h18-31H,1-17H3. The molecule has 0 radical (unpaired) electrons. The third-order valence-electron chi connectivity index (χ3n) is 11.3. The van der Waals surface area contributed by atoms with Crippen molar-refractivity contribution >= 4 is 40.3 Å². The van der Waals surface area contributed by atoms with E-state index in [0.29, 0.717) is 11.8 Å². The van der Waals surface area contributed by atoms with Gasteiger partial charge in [0, 0.05) is 16.5 Å². The zero-order valence-electron chi connectivity index (χ0n) is 34.0. The number of fused-ring (bicyclic) bond motifs is 3. The number of para-hydroxylation sites is 1. The van der Waals surface area contributed by atoms with Crippen LogP contribution in [0.15, 0.2) is 72.8 Å². The van der Waals surface area contributed by atoms with Crippen LogP contribution >= 0.6 is 0 Å². The van der Waals surface area contributed by atoms with E-state index in [0.717, 1.165) is 0 Å². The van der Waals surface area contributed by atoms with Gasteiger partial charge >= 0.3 is 0 Å². The zero-order chi connectivity index (χ0) is 36.6. The summed E-state index contributed by atoms with van der Waals surface area (Å²) in [6.45, 7) is 40.8. The van der Waals surface area contributed by atoms with Crippen molar-refractivity contribution in [2.75, 3.05) is 0 Å². The summed E-state index contributed by atoms with van der Waals surface area (Å²) in [5.41, 5.74) is 11.4. The van der Waals surface area contributed by atoms with Crippen LogP contribution in [0, 0.1) is 5.92 Å².